The molecule has 1 saturated heterocycles. The zero-order valence-electron chi connectivity index (χ0n) is 5.93. The van der Waals surface area contributed by atoms with E-state index < -0.39 is 0 Å². The molecule has 0 aliphatic carbocycles. The van der Waals surface area contributed by atoms with Crippen molar-refractivity contribution in [1.82, 2.24) is 3.11 Å². The van der Waals surface area contributed by atoms with Gasteiger partial charge in [-0.25, -0.2) is 7.91 Å². The van der Waals surface area contributed by atoms with E-state index in [1.54, 1.807) is 22.6 Å². The van der Waals surface area contributed by atoms with Gasteiger partial charge in [0.1, 0.15) is 6.10 Å². The second-order valence-electron chi connectivity index (χ2n) is 2.46. The van der Waals surface area contributed by atoms with Crippen LogP contribution in [0.4, 0.5) is 4.79 Å². The average Bonchev–Trinajstić information content (AvgIpc) is 1.93. The van der Waals surface area contributed by atoms with Crippen molar-refractivity contribution < 1.29 is 9.53 Å². The van der Waals surface area contributed by atoms with Crippen molar-refractivity contribution in [3.63, 3.8) is 0 Å². The number of hydrogen-bond donors (Lipinski definition) is 0. The highest BCUT2D eigenvalue weighted by Gasteiger charge is 2.19. The fourth-order valence-electron chi connectivity index (χ4n) is 1.07. The summed E-state index contributed by atoms with van der Waals surface area (Å²) in [5.74, 6) is 0. The standard InChI is InChI=1S/C6H9I2NO2/c7-6(10)11-5-1-3-9(8)4-2-5/h5H,1-4H2. The molecule has 0 amide bonds. The predicted molar refractivity (Wildman–Crippen MR) is 59.1 cm³/mol. The van der Waals surface area contributed by atoms with Gasteiger partial charge in [0, 0.05) is 36.0 Å². The van der Waals surface area contributed by atoms with Gasteiger partial charge in [-0.1, -0.05) is 0 Å². The molecule has 0 bridgehead atoms. The topological polar surface area (TPSA) is 29.5 Å². The number of hydrogen-bond acceptors (Lipinski definition) is 3. The van der Waals surface area contributed by atoms with Gasteiger partial charge in [-0.3, -0.25) is 0 Å². The highest BCUT2D eigenvalue weighted by Crippen LogP contribution is 2.17. The van der Waals surface area contributed by atoms with Crippen LogP contribution in [-0.2, 0) is 4.74 Å². The van der Waals surface area contributed by atoms with Crippen LogP contribution in [0.25, 0.3) is 0 Å². The minimum absolute atomic E-state index is 0.158. The Morgan fingerprint density at radius 2 is 2.00 bits per heavy atom. The Bertz CT molecular complexity index is 146. The first-order chi connectivity index (χ1) is 5.18. The molecule has 11 heavy (non-hydrogen) atoms. The van der Waals surface area contributed by atoms with E-state index in [0.29, 0.717) is 0 Å². The first-order valence-electron chi connectivity index (χ1n) is 3.45. The van der Waals surface area contributed by atoms with Crippen molar-refractivity contribution in [1.29, 1.82) is 0 Å². The van der Waals surface area contributed by atoms with E-state index in [1.165, 1.54) is 0 Å². The van der Waals surface area contributed by atoms with Crippen molar-refractivity contribution in [2.24, 2.45) is 0 Å². The summed E-state index contributed by atoms with van der Waals surface area (Å²) in [4.78, 5) is 10.5. The second kappa shape index (κ2) is 4.80. The monoisotopic (exact) mass is 381 g/mol. The number of ether oxygens (including phenoxy) is 1. The summed E-state index contributed by atoms with van der Waals surface area (Å²) >= 11 is 3.96. The minimum atomic E-state index is -0.186. The molecule has 0 spiro atoms. The number of halogens is 2. The molecule has 1 heterocycles. The quantitative estimate of drug-likeness (QED) is 0.397. The molecule has 0 saturated carbocycles. The maximum absolute atomic E-state index is 10.5. The molecule has 3 nitrogen and oxygen atoms in total. The van der Waals surface area contributed by atoms with Gasteiger partial charge in [-0.05, 0) is 12.8 Å². The summed E-state index contributed by atoms with van der Waals surface area (Å²) in [7, 11) is 0. The van der Waals surface area contributed by atoms with Crippen molar-refractivity contribution in [2.75, 3.05) is 13.1 Å². The molecule has 1 rings (SSSR count). The molecule has 64 valence electrons. The second-order valence-corrected chi connectivity index (χ2v) is 4.71. The summed E-state index contributed by atoms with van der Waals surface area (Å²) in [6.45, 7) is 2.05. The van der Waals surface area contributed by atoms with E-state index in [4.69, 9.17) is 4.74 Å². The Kier molecular flexibility index (Phi) is 4.36. The maximum atomic E-state index is 10.5. The van der Waals surface area contributed by atoms with Gasteiger partial charge in [0.15, 0.2) is 0 Å². The van der Waals surface area contributed by atoms with E-state index in [1.807, 2.05) is 0 Å². The van der Waals surface area contributed by atoms with Gasteiger partial charge in [-0.15, -0.1) is 0 Å². The number of nitrogens with zero attached hydrogens (tertiary/aromatic N) is 1. The summed E-state index contributed by atoms with van der Waals surface area (Å²) in [5, 5.41) is 0. The van der Waals surface area contributed by atoms with Crippen LogP contribution < -0.4 is 0 Å². The summed E-state index contributed by atoms with van der Waals surface area (Å²) in [6, 6.07) is 0. The fourth-order valence-corrected chi connectivity index (χ4v) is 1.99. The third-order valence-electron chi connectivity index (χ3n) is 1.65. The molecular formula is C6H9I2NO2. The van der Waals surface area contributed by atoms with Gasteiger partial charge < -0.3 is 4.74 Å². The lowest BCUT2D eigenvalue weighted by Gasteiger charge is -2.26. The molecule has 0 aromatic rings. The molecule has 1 fully saturated rings. The van der Waals surface area contributed by atoms with Crippen LogP contribution >= 0.6 is 45.5 Å². The largest absolute Gasteiger partial charge is 0.455 e. The van der Waals surface area contributed by atoms with Gasteiger partial charge in [0.05, 0.1) is 22.6 Å². The summed E-state index contributed by atoms with van der Waals surface area (Å²) in [5.41, 5.74) is 0. The Labute approximate surface area is 93.5 Å². The molecule has 1 aliphatic heterocycles. The molecule has 1 aliphatic rings. The molecule has 0 aromatic carbocycles. The molecule has 0 N–H and O–H groups in total. The number of piperidine rings is 1. The lowest BCUT2D eigenvalue weighted by molar-refractivity contribution is 0.0940. The average molecular weight is 381 g/mol. The molecule has 0 radical (unpaired) electrons. The van der Waals surface area contributed by atoms with Gasteiger partial charge in [-0.2, -0.15) is 0 Å². The lowest BCUT2D eigenvalue weighted by atomic mass is 10.1. The highest BCUT2D eigenvalue weighted by atomic mass is 127. The van der Waals surface area contributed by atoms with Crippen LogP contribution in [0.2, 0.25) is 0 Å². The predicted octanol–water partition coefficient (Wildman–Crippen LogP) is 2.37. The van der Waals surface area contributed by atoms with Crippen LogP contribution in [0, 0.1) is 0 Å². The normalized spacial score (nSPS) is 21.6. The third-order valence-corrected chi connectivity index (χ3v) is 2.87. The van der Waals surface area contributed by atoms with Gasteiger partial charge in [0.25, 0.3) is 0 Å². The molecule has 5 heteroatoms. The highest BCUT2D eigenvalue weighted by molar-refractivity contribution is 14.1. The maximum Gasteiger partial charge on any atom is 0.367 e. The Hall–Kier alpha value is 0.890. The van der Waals surface area contributed by atoms with Crippen molar-refractivity contribution >= 4 is 49.4 Å². The zero-order chi connectivity index (χ0) is 8.27. The Morgan fingerprint density at radius 1 is 1.45 bits per heavy atom. The lowest BCUT2D eigenvalue weighted by Crippen LogP contribution is -2.31. The summed E-state index contributed by atoms with van der Waals surface area (Å²) in [6.07, 6.45) is 2.10. The Morgan fingerprint density at radius 3 is 2.45 bits per heavy atom. The molecule has 0 aromatic heterocycles. The van der Waals surface area contributed by atoms with Crippen molar-refractivity contribution in [3.05, 3.63) is 0 Å². The van der Waals surface area contributed by atoms with Crippen LogP contribution in [0.5, 0.6) is 0 Å². The van der Waals surface area contributed by atoms with Crippen LogP contribution in [0.15, 0.2) is 0 Å². The fraction of sp³-hybridized carbons (Fsp3) is 0.833. The van der Waals surface area contributed by atoms with E-state index in [2.05, 4.69) is 26.0 Å². The molecule has 0 unspecified atom stereocenters. The SMILES string of the molecule is O=C(I)OC1CCN(I)CC1. The van der Waals surface area contributed by atoms with Crippen LogP contribution in [-0.4, -0.2) is 26.3 Å². The first-order valence-corrected chi connectivity index (χ1v) is 5.49. The zero-order valence-corrected chi connectivity index (χ0v) is 10.2. The van der Waals surface area contributed by atoms with Gasteiger partial charge >= 0.3 is 3.98 Å². The number of carbonyl (C=O) groups excluding carboxylic acids is 1. The molecular weight excluding hydrogens is 372 g/mol. The summed E-state index contributed by atoms with van der Waals surface area (Å²) < 4.78 is 7.09. The number of rotatable bonds is 1. The van der Waals surface area contributed by atoms with E-state index in [9.17, 15) is 4.79 Å². The smallest absolute Gasteiger partial charge is 0.367 e. The van der Waals surface area contributed by atoms with E-state index in [0.717, 1.165) is 25.9 Å². The molecule has 0 atom stereocenters. The number of carbonyl (C=O) groups is 1. The van der Waals surface area contributed by atoms with Gasteiger partial charge in [0.2, 0.25) is 0 Å². The first kappa shape index (κ1) is 9.97. The van der Waals surface area contributed by atoms with Crippen molar-refractivity contribution in [3.8, 4) is 0 Å². The van der Waals surface area contributed by atoms with E-state index in [-0.39, 0.29) is 10.1 Å². The van der Waals surface area contributed by atoms with E-state index >= 15 is 0 Å². The van der Waals surface area contributed by atoms with Crippen LogP contribution in [0.3, 0.4) is 0 Å². The van der Waals surface area contributed by atoms with Crippen molar-refractivity contribution in [2.45, 2.75) is 18.9 Å². The Balaban J connectivity index is 2.22. The van der Waals surface area contributed by atoms with Crippen LogP contribution in [0.1, 0.15) is 12.8 Å². The third kappa shape index (κ3) is 3.88. The minimum Gasteiger partial charge on any atom is -0.455 e.